The molecule has 148 valence electrons. The second kappa shape index (κ2) is 10.2. The minimum atomic E-state index is -0.443. The Kier molecular flexibility index (Phi) is 7.63. The molecule has 2 aromatic carbocycles. The number of hydrazine groups is 1. The molecule has 6 heteroatoms. The van der Waals surface area contributed by atoms with Gasteiger partial charge in [0.2, 0.25) is 0 Å². The third-order valence-electron chi connectivity index (χ3n) is 3.88. The summed E-state index contributed by atoms with van der Waals surface area (Å²) < 4.78 is 11.1. The topological polar surface area (TPSA) is 76.7 Å². The predicted octanol–water partition coefficient (Wildman–Crippen LogP) is 3.51. The highest BCUT2D eigenvalue weighted by molar-refractivity contribution is 5.98. The summed E-state index contributed by atoms with van der Waals surface area (Å²) in [6, 6.07) is 12.6. The molecule has 0 heterocycles. The lowest BCUT2D eigenvalue weighted by molar-refractivity contribution is -0.117. The largest absolute Gasteiger partial charge is 0.493 e. The van der Waals surface area contributed by atoms with E-state index < -0.39 is 5.91 Å². The zero-order valence-electron chi connectivity index (χ0n) is 16.6. The zero-order chi connectivity index (χ0) is 20.5. The summed E-state index contributed by atoms with van der Waals surface area (Å²) in [6.07, 6.45) is 2.96. The first-order chi connectivity index (χ1) is 13.4. The van der Waals surface area contributed by atoms with Crippen molar-refractivity contribution in [1.82, 2.24) is 10.9 Å². The molecule has 6 nitrogen and oxygen atoms in total. The molecule has 0 saturated heterocycles. The Morgan fingerprint density at radius 1 is 1.07 bits per heavy atom. The molecule has 0 radical (unpaired) electrons. The molecule has 0 aromatic heterocycles. The number of rotatable bonds is 7. The second-order valence-corrected chi connectivity index (χ2v) is 6.71. The van der Waals surface area contributed by atoms with E-state index in [1.807, 2.05) is 25.1 Å². The molecular weight excluding hydrogens is 356 g/mol. The van der Waals surface area contributed by atoms with Crippen molar-refractivity contribution in [1.29, 1.82) is 0 Å². The van der Waals surface area contributed by atoms with Crippen molar-refractivity contribution in [3.8, 4) is 11.5 Å². The number of benzene rings is 2. The first-order valence-electron chi connectivity index (χ1n) is 9.05. The highest BCUT2D eigenvalue weighted by Gasteiger charge is 2.09. The van der Waals surface area contributed by atoms with E-state index in [2.05, 4.69) is 24.7 Å². The van der Waals surface area contributed by atoms with Crippen LogP contribution in [0.5, 0.6) is 11.5 Å². The van der Waals surface area contributed by atoms with Crippen molar-refractivity contribution in [2.24, 2.45) is 5.92 Å². The summed E-state index contributed by atoms with van der Waals surface area (Å²) in [5.41, 5.74) is 6.88. The van der Waals surface area contributed by atoms with E-state index in [0.29, 0.717) is 29.6 Å². The first kappa shape index (κ1) is 21.0. The van der Waals surface area contributed by atoms with Crippen LogP contribution >= 0.6 is 0 Å². The molecule has 0 bridgehead atoms. The molecule has 2 amide bonds. The molecule has 0 spiro atoms. The lowest BCUT2D eigenvalue weighted by Gasteiger charge is -2.12. The van der Waals surface area contributed by atoms with Gasteiger partial charge in [0.25, 0.3) is 11.8 Å². The lowest BCUT2D eigenvalue weighted by atomic mass is 10.1. The maximum Gasteiger partial charge on any atom is 0.269 e. The van der Waals surface area contributed by atoms with Gasteiger partial charge in [0.05, 0.1) is 13.7 Å². The molecule has 2 aromatic rings. The minimum absolute atomic E-state index is 0.367. The number of aryl methyl sites for hydroxylation is 1. The third-order valence-corrected chi connectivity index (χ3v) is 3.88. The molecule has 28 heavy (non-hydrogen) atoms. The molecule has 0 unspecified atom stereocenters. The van der Waals surface area contributed by atoms with Crippen LogP contribution < -0.4 is 20.3 Å². The Morgan fingerprint density at radius 3 is 2.50 bits per heavy atom. The van der Waals surface area contributed by atoms with E-state index in [4.69, 9.17) is 9.47 Å². The number of carbonyl (C=O) groups excluding carboxylic acids is 2. The summed E-state index contributed by atoms with van der Waals surface area (Å²) in [7, 11) is 1.57. The quantitative estimate of drug-likeness (QED) is 0.567. The lowest BCUT2D eigenvalue weighted by Crippen LogP contribution is -2.41. The van der Waals surface area contributed by atoms with Crippen LogP contribution in [0.15, 0.2) is 48.5 Å². The van der Waals surface area contributed by atoms with Gasteiger partial charge in [-0.15, -0.1) is 0 Å². The maximum absolute atomic E-state index is 12.1. The standard InChI is InChI=1S/C22H26N2O4/c1-15(2)14-28-19-11-9-17(13-20(19)27-4)10-12-21(25)23-24-22(26)18-8-6-5-7-16(18)3/h5-13,15H,14H2,1-4H3,(H,23,25)(H,24,26)/b12-10+. The second-order valence-electron chi connectivity index (χ2n) is 6.71. The van der Waals surface area contributed by atoms with E-state index in [1.54, 1.807) is 37.5 Å². The fraction of sp³-hybridized carbons (Fsp3) is 0.273. The van der Waals surface area contributed by atoms with Crippen LogP contribution in [0.25, 0.3) is 6.08 Å². The Morgan fingerprint density at radius 2 is 1.82 bits per heavy atom. The minimum Gasteiger partial charge on any atom is -0.493 e. The highest BCUT2D eigenvalue weighted by atomic mass is 16.5. The molecule has 0 fully saturated rings. The molecule has 0 aliphatic rings. The third kappa shape index (κ3) is 6.16. The molecule has 0 saturated carbocycles. The zero-order valence-corrected chi connectivity index (χ0v) is 16.6. The van der Waals surface area contributed by atoms with Crippen molar-refractivity contribution < 1.29 is 19.1 Å². The fourth-order valence-electron chi connectivity index (χ4n) is 2.39. The number of ether oxygens (including phenoxy) is 2. The van der Waals surface area contributed by atoms with Crippen molar-refractivity contribution in [3.63, 3.8) is 0 Å². The predicted molar refractivity (Wildman–Crippen MR) is 109 cm³/mol. The number of methoxy groups -OCH3 is 1. The van der Waals surface area contributed by atoms with Gasteiger partial charge in [0.15, 0.2) is 11.5 Å². The summed E-state index contributed by atoms with van der Waals surface area (Å²) >= 11 is 0. The van der Waals surface area contributed by atoms with Gasteiger partial charge in [-0.1, -0.05) is 38.1 Å². The molecule has 2 N–H and O–H groups in total. The maximum atomic E-state index is 12.1. The normalized spacial score (nSPS) is 10.8. The SMILES string of the molecule is COc1cc(/C=C/C(=O)NNC(=O)c2ccccc2C)ccc1OCC(C)C. The van der Waals surface area contributed by atoms with Crippen LogP contribution in [0.2, 0.25) is 0 Å². The van der Waals surface area contributed by atoms with Crippen molar-refractivity contribution in [2.75, 3.05) is 13.7 Å². The monoisotopic (exact) mass is 382 g/mol. The highest BCUT2D eigenvalue weighted by Crippen LogP contribution is 2.28. The van der Waals surface area contributed by atoms with E-state index in [1.165, 1.54) is 6.08 Å². The smallest absolute Gasteiger partial charge is 0.269 e. The number of nitrogens with one attached hydrogen (secondary N) is 2. The van der Waals surface area contributed by atoms with Gasteiger partial charge < -0.3 is 9.47 Å². The molecule has 2 rings (SSSR count). The molecule has 0 aliphatic heterocycles. The average molecular weight is 382 g/mol. The Balaban J connectivity index is 1.94. The van der Waals surface area contributed by atoms with Crippen molar-refractivity contribution >= 4 is 17.9 Å². The summed E-state index contributed by atoms with van der Waals surface area (Å²) in [4.78, 5) is 24.1. The number of hydrogen-bond acceptors (Lipinski definition) is 4. The molecule has 0 aliphatic carbocycles. The van der Waals surface area contributed by atoms with Crippen molar-refractivity contribution in [2.45, 2.75) is 20.8 Å². The van der Waals surface area contributed by atoms with Crippen LogP contribution in [0.4, 0.5) is 0 Å². The van der Waals surface area contributed by atoms with Gasteiger partial charge in [0.1, 0.15) is 0 Å². The van der Waals surface area contributed by atoms with Gasteiger partial charge in [-0.2, -0.15) is 0 Å². The number of carbonyl (C=O) groups is 2. The van der Waals surface area contributed by atoms with Crippen molar-refractivity contribution in [3.05, 3.63) is 65.2 Å². The number of hydrogen-bond donors (Lipinski definition) is 2. The van der Waals surface area contributed by atoms with Crippen LogP contribution in [-0.4, -0.2) is 25.5 Å². The Hall–Kier alpha value is -3.28. The first-order valence-corrected chi connectivity index (χ1v) is 9.05. The Labute approximate surface area is 165 Å². The van der Waals surface area contributed by atoms with Gasteiger partial charge in [0, 0.05) is 11.6 Å². The van der Waals surface area contributed by atoms with Crippen LogP contribution in [-0.2, 0) is 4.79 Å². The van der Waals surface area contributed by atoms with E-state index in [-0.39, 0.29) is 5.91 Å². The van der Waals surface area contributed by atoms with Crippen LogP contribution in [0, 0.1) is 12.8 Å². The Bertz CT molecular complexity index is 859. The summed E-state index contributed by atoms with van der Waals surface area (Å²) in [5.74, 6) is 0.844. The average Bonchev–Trinajstić information content (AvgIpc) is 2.69. The van der Waals surface area contributed by atoms with Gasteiger partial charge in [-0.25, -0.2) is 0 Å². The van der Waals surface area contributed by atoms with Gasteiger partial charge >= 0.3 is 0 Å². The van der Waals surface area contributed by atoms with Crippen LogP contribution in [0.1, 0.15) is 35.3 Å². The van der Waals surface area contributed by atoms with Crippen LogP contribution in [0.3, 0.4) is 0 Å². The summed E-state index contributed by atoms with van der Waals surface area (Å²) in [5, 5.41) is 0. The van der Waals surface area contributed by atoms with E-state index in [9.17, 15) is 9.59 Å². The van der Waals surface area contributed by atoms with Gasteiger partial charge in [-0.05, 0) is 48.2 Å². The van der Waals surface area contributed by atoms with E-state index >= 15 is 0 Å². The summed E-state index contributed by atoms with van der Waals surface area (Å²) in [6.45, 7) is 6.56. The molecular formula is C22H26N2O4. The van der Waals surface area contributed by atoms with E-state index in [0.717, 1.165) is 11.1 Å². The number of amides is 2. The molecule has 0 atom stereocenters. The van der Waals surface area contributed by atoms with Gasteiger partial charge in [-0.3, -0.25) is 20.4 Å². The fourth-order valence-corrected chi connectivity index (χ4v) is 2.39.